The minimum atomic E-state index is -4.35. The molecule has 1 N–H and O–H groups in total. The van der Waals surface area contributed by atoms with Gasteiger partial charge in [-0.3, -0.25) is 0 Å². The molecule has 132 valence electrons. The fraction of sp³-hybridized carbons (Fsp3) is 0.0500. The molecule has 0 atom stereocenters. The van der Waals surface area contributed by atoms with Crippen LogP contribution in [0.1, 0.15) is 5.56 Å². The van der Waals surface area contributed by atoms with Crippen LogP contribution >= 0.6 is 11.8 Å². The van der Waals surface area contributed by atoms with Crippen molar-refractivity contribution in [1.29, 1.82) is 0 Å². The van der Waals surface area contributed by atoms with Gasteiger partial charge in [0.25, 0.3) is 0 Å². The average molecular weight is 372 g/mol. The maximum Gasteiger partial charge on any atom is 0.416 e. The van der Waals surface area contributed by atoms with Crippen molar-refractivity contribution in [3.8, 4) is 11.1 Å². The second-order valence-electron chi connectivity index (χ2n) is 5.41. The second-order valence-corrected chi connectivity index (χ2v) is 6.45. The minimum Gasteiger partial charge on any atom is -0.340 e. The zero-order chi connectivity index (χ0) is 18.6. The molecule has 26 heavy (non-hydrogen) atoms. The lowest BCUT2D eigenvalue weighted by Crippen LogP contribution is -2.04. The first kappa shape index (κ1) is 18.1. The van der Waals surface area contributed by atoms with Crippen LogP contribution in [0, 0.1) is 0 Å². The molecule has 1 heterocycles. The van der Waals surface area contributed by atoms with E-state index in [1.54, 1.807) is 11.6 Å². The Balaban J connectivity index is 1.86. The van der Waals surface area contributed by atoms with Crippen molar-refractivity contribution < 1.29 is 13.2 Å². The molecule has 0 saturated heterocycles. The fourth-order valence-corrected chi connectivity index (χ4v) is 2.91. The van der Waals surface area contributed by atoms with E-state index in [4.69, 9.17) is 0 Å². The van der Waals surface area contributed by atoms with Gasteiger partial charge in [-0.2, -0.15) is 13.2 Å². The van der Waals surface area contributed by atoms with Gasteiger partial charge in [-0.1, -0.05) is 30.5 Å². The molecule has 3 rings (SSSR count). The zero-order valence-corrected chi connectivity index (χ0v) is 14.4. The topological polar surface area (TPSA) is 24.9 Å². The summed E-state index contributed by atoms with van der Waals surface area (Å²) in [6.45, 7) is 3.69. The SMILES string of the molecule is C=CSc1ccc(-c2cccnc2Nc2ccc(C(F)(F)F)cc2)cc1. The Morgan fingerprint density at radius 2 is 1.65 bits per heavy atom. The first-order valence-corrected chi connectivity index (χ1v) is 8.62. The molecule has 2 nitrogen and oxygen atoms in total. The lowest BCUT2D eigenvalue weighted by molar-refractivity contribution is -0.137. The molecule has 1 aromatic heterocycles. The molecule has 0 aliphatic carbocycles. The van der Waals surface area contributed by atoms with E-state index in [1.807, 2.05) is 36.4 Å². The number of alkyl halides is 3. The van der Waals surface area contributed by atoms with Crippen LogP contribution in [0.15, 0.2) is 83.7 Å². The highest BCUT2D eigenvalue weighted by molar-refractivity contribution is 8.02. The number of aromatic nitrogens is 1. The van der Waals surface area contributed by atoms with Crippen molar-refractivity contribution in [2.45, 2.75) is 11.1 Å². The average Bonchev–Trinajstić information content (AvgIpc) is 2.63. The summed E-state index contributed by atoms with van der Waals surface area (Å²) >= 11 is 1.53. The number of anilines is 2. The summed E-state index contributed by atoms with van der Waals surface area (Å²) in [6.07, 6.45) is -2.71. The molecule has 0 bridgehead atoms. The van der Waals surface area contributed by atoms with Gasteiger partial charge in [0.1, 0.15) is 5.82 Å². The number of benzene rings is 2. The maximum absolute atomic E-state index is 12.7. The van der Waals surface area contributed by atoms with E-state index in [-0.39, 0.29) is 0 Å². The van der Waals surface area contributed by atoms with Crippen molar-refractivity contribution in [2.24, 2.45) is 0 Å². The van der Waals surface area contributed by atoms with Crippen LogP contribution in [-0.4, -0.2) is 4.98 Å². The predicted octanol–water partition coefficient (Wildman–Crippen LogP) is 6.75. The molecule has 0 saturated carbocycles. The summed E-state index contributed by atoms with van der Waals surface area (Å²) in [5, 5.41) is 4.85. The van der Waals surface area contributed by atoms with E-state index in [9.17, 15) is 13.2 Å². The Kier molecular flexibility index (Phi) is 5.32. The molecular formula is C20H15F3N2S. The lowest BCUT2D eigenvalue weighted by Gasteiger charge is -2.12. The molecule has 6 heteroatoms. The van der Waals surface area contributed by atoms with Gasteiger partial charge in [-0.25, -0.2) is 4.98 Å². The number of hydrogen-bond acceptors (Lipinski definition) is 3. The Morgan fingerprint density at radius 3 is 2.27 bits per heavy atom. The Bertz CT molecular complexity index is 888. The number of halogens is 3. The van der Waals surface area contributed by atoms with Gasteiger partial charge >= 0.3 is 6.18 Å². The van der Waals surface area contributed by atoms with E-state index in [0.29, 0.717) is 11.5 Å². The van der Waals surface area contributed by atoms with Crippen LogP contribution in [0.4, 0.5) is 24.7 Å². The first-order valence-electron chi connectivity index (χ1n) is 7.74. The smallest absolute Gasteiger partial charge is 0.340 e. The Hall–Kier alpha value is -2.73. The normalized spacial score (nSPS) is 11.2. The van der Waals surface area contributed by atoms with Gasteiger partial charge in [0.05, 0.1) is 5.56 Å². The predicted molar refractivity (Wildman–Crippen MR) is 100 cm³/mol. The summed E-state index contributed by atoms with van der Waals surface area (Å²) in [6, 6.07) is 16.5. The molecule has 3 aromatic rings. The maximum atomic E-state index is 12.7. The molecular weight excluding hydrogens is 357 g/mol. The molecule has 0 aliphatic heterocycles. The molecule has 0 fully saturated rings. The largest absolute Gasteiger partial charge is 0.416 e. The van der Waals surface area contributed by atoms with E-state index in [0.717, 1.165) is 28.2 Å². The third-order valence-corrected chi connectivity index (χ3v) is 4.38. The van der Waals surface area contributed by atoms with Crippen molar-refractivity contribution in [3.05, 3.63) is 84.4 Å². The highest BCUT2D eigenvalue weighted by Gasteiger charge is 2.29. The van der Waals surface area contributed by atoms with Crippen molar-refractivity contribution in [2.75, 3.05) is 5.32 Å². The zero-order valence-electron chi connectivity index (χ0n) is 13.6. The first-order chi connectivity index (χ1) is 12.5. The van der Waals surface area contributed by atoms with E-state index >= 15 is 0 Å². The molecule has 0 radical (unpaired) electrons. The summed E-state index contributed by atoms with van der Waals surface area (Å²) in [4.78, 5) is 5.40. The second kappa shape index (κ2) is 7.66. The van der Waals surface area contributed by atoms with Crippen molar-refractivity contribution in [3.63, 3.8) is 0 Å². The summed E-state index contributed by atoms with van der Waals surface area (Å²) in [5.41, 5.74) is 1.68. The molecule has 0 amide bonds. The standard InChI is InChI=1S/C20H15F3N2S/c1-2-26-17-11-5-14(6-12-17)18-4-3-13-24-19(18)25-16-9-7-15(8-10-16)20(21,22)23/h2-13H,1H2,(H,24,25). The minimum absolute atomic E-state index is 0.539. The van der Waals surface area contributed by atoms with E-state index in [2.05, 4.69) is 16.9 Å². The van der Waals surface area contributed by atoms with Gasteiger partial charge in [0, 0.05) is 22.3 Å². The molecule has 0 unspecified atom stereocenters. The fourth-order valence-electron chi connectivity index (χ4n) is 2.43. The molecule has 0 aliphatic rings. The number of rotatable bonds is 5. The third-order valence-electron chi connectivity index (χ3n) is 3.67. The lowest BCUT2D eigenvalue weighted by atomic mass is 10.1. The van der Waals surface area contributed by atoms with E-state index in [1.165, 1.54) is 23.9 Å². The van der Waals surface area contributed by atoms with Crippen molar-refractivity contribution in [1.82, 2.24) is 4.98 Å². The van der Waals surface area contributed by atoms with Crippen LogP contribution in [-0.2, 0) is 6.18 Å². The van der Waals surface area contributed by atoms with Gasteiger partial charge in [-0.05, 0) is 59.5 Å². The molecule has 0 spiro atoms. The number of nitrogens with one attached hydrogen (secondary N) is 1. The van der Waals surface area contributed by atoms with Crippen LogP contribution < -0.4 is 5.32 Å². The van der Waals surface area contributed by atoms with Crippen LogP contribution in [0.5, 0.6) is 0 Å². The van der Waals surface area contributed by atoms with Crippen LogP contribution in [0.25, 0.3) is 11.1 Å². The summed E-state index contributed by atoms with van der Waals surface area (Å²) < 4.78 is 38.0. The molecule has 2 aromatic carbocycles. The van der Waals surface area contributed by atoms with E-state index < -0.39 is 11.7 Å². The number of thioether (sulfide) groups is 1. The van der Waals surface area contributed by atoms with Crippen LogP contribution in [0.2, 0.25) is 0 Å². The van der Waals surface area contributed by atoms with Gasteiger partial charge in [-0.15, -0.1) is 0 Å². The summed E-state index contributed by atoms with van der Waals surface area (Å²) in [5.74, 6) is 0.580. The third kappa shape index (κ3) is 4.26. The highest BCUT2D eigenvalue weighted by atomic mass is 32.2. The Labute approximate surface area is 153 Å². The quantitative estimate of drug-likeness (QED) is 0.502. The highest BCUT2D eigenvalue weighted by Crippen LogP contribution is 2.32. The van der Waals surface area contributed by atoms with Gasteiger partial charge < -0.3 is 5.32 Å². The number of pyridine rings is 1. The Morgan fingerprint density at radius 1 is 0.962 bits per heavy atom. The van der Waals surface area contributed by atoms with Crippen LogP contribution in [0.3, 0.4) is 0 Å². The monoisotopic (exact) mass is 372 g/mol. The number of hydrogen-bond donors (Lipinski definition) is 1. The summed E-state index contributed by atoms with van der Waals surface area (Å²) in [7, 11) is 0. The van der Waals surface area contributed by atoms with Crippen molar-refractivity contribution >= 4 is 23.3 Å². The number of nitrogens with zero attached hydrogens (tertiary/aromatic N) is 1. The van der Waals surface area contributed by atoms with Gasteiger partial charge in [0.15, 0.2) is 0 Å². The van der Waals surface area contributed by atoms with Gasteiger partial charge in [0.2, 0.25) is 0 Å².